The molecule has 1 aliphatic carbocycles. The second-order valence-corrected chi connectivity index (χ2v) is 12.6. The number of hydrogen-bond donors (Lipinski definition) is 3. The molecule has 0 unspecified atom stereocenters. The summed E-state index contributed by atoms with van der Waals surface area (Å²) in [6.07, 6.45) is 1.26. The van der Waals surface area contributed by atoms with Gasteiger partial charge in [0, 0.05) is 12.2 Å². The number of rotatable bonds is 11. The fraction of sp³-hybridized carbons (Fsp3) is 0.379. The van der Waals surface area contributed by atoms with Gasteiger partial charge in [0.1, 0.15) is 41.3 Å². The quantitative estimate of drug-likeness (QED) is 0.149. The zero-order chi connectivity index (χ0) is 29.1. The molecule has 6 rings (SSSR count). The Labute approximate surface area is 247 Å². The van der Waals surface area contributed by atoms with Crippen LogP contribution in [0.15, 0.2) is 72.9 Å². The lowest BCUT2D eigenvalue weighted by Gasteiger charge is -2.21. The number of fused-ring (bicyclic) bond motifs is 1. The van der Waals surface area contributed by atoms with Crippen LogP contribution in [0, 0.1) is 0 Å². The van der Waals surface area contributed by atoms with Crippen molar-refractivity contribution in [1.82, 2.24) is 14.5 Å². The van der Waals surface area contributed by atoms with Gasteiger partial charge in [-0.3, -0.25) is 0 Å². The van der Waals surface area contributed by atoms with E-state index in [4.69, 9.17) is 30.1 Å². The van der Waals surface area contributed by atoms with Gasteiger partial charge in [0.2, 0.25) is 5.28 Å². The lowest BCUT2D eigenvalue weighted by Crippen LogP contribution is -2.34. The Morgan fingerprint density at radius 3 is 2.24 bits per heavy atom. The molecule has 1 saturated carbocycles. The molecule has 3 heterocycles. The lowest BCUT2D eigenvalue weighted by atomic mass is 10.1. The maximum atomic E-state index is 13.7. The number of para-hydroxylation sites is 2. The Balaban J connectivity index is 1.15. The number of anilines is 1. The Morgan fingerprint density at radius 2 is 1.60 bits per heavy atom. The second kappa shape index (κ2) is 12.6. The first-order valence-electron chi connectivity index (χ1n) is 13.9. The third-order valence-corrected chi connectivity index (χ3v) is 9.00. The van der Waals surface area contributed by atoms with Crippen molar-refractivity contribution in [2.75, 3.05) is 18.3 Å². The van der Waals surface area contributed by atoms with E-state index in [9.17, 15) is 14.8 Å². The van der Waals surface area contributed by atoms with Crippen LogP contribution in [-0.4, -0.2) is 62.1 Å². The molecule has 4 atom stereocenters. The number of benzene rings is 2. The number of aromatic nitrogens is 3. The van der Waals surface area contributed by atoms with Crippen LogP contribution in [0.2, 0.25) is 5.28 Å². The van der Waals surface area contributed by atoms with Crippen LogP contribution in [-0.2, 0) is 14.0 Å². The molecule has 0 spiro atoms. The van der Waals surface area contributed by atoms with Crippen molar-refractivity contribution >= 4 is 36.0 Å². The van der Waals surface area contributed by atoms with E-state index in [1.54, 1.807) is 59.3 Å². The summed E-state index contributed by atoms with van der Waals surface area (Å²) in [6.45, 7) is -0.182. The van der Waals surface area contributed by atoms with Gasteiger partial charge in [-0.1, -0.05) is 49.2 Å². The van der Waals surface area contributed by atoms with Crippen molar-refractivity contribution in [3.05, 3.63) is 78.2 Å². The highest BCUT2D eigenvalue weighted by Gasteiger charge is 2.45. The molecule has 2 aliphatic rings. The molecule has 11 nitrogen and oxygen atoms in total. The number of nitrogens with one attached hydrogen (secondary N) is 1. The third kappa shape index (κ3) is 6.41. The van der Waals surface area contributed by atoms with E-state index in [-0.39, 0.29) is 11.9 Å². The minimum absolute atomic E-state index is 0.0588. The van der Waals surface area contributed by atoms with Crippen LogP contribution in [0.1, 0.15) is 31.9 Å². The van der Waals surface area contributed by atoms with Crippen molar-refractivity contribution in [3.8, 4) is 11.5 Å². The van der Waals surface area contributed by atoms with Gasteiger partial charge >= 0.3 is 7.60 Å². The molecule has 2 fully saturated rings. The van der Waals surface area contributed by atoms with Crippen molar-refractivity contribution in [2.45, 2.75) is 56.3 Å². The molecule has 13 heteroatoms. The number of nitrogens with zero attached hydrogens (tertiary/aromatic N) is 3. The van der Waals surface area contributed by atoms with Gasteiger partial charge in [-0.25, -0.2) is 9.55 Å². The summed E-state index contributed by atoms with van der Waals surface area (Å²) in [5.74, 6) is 1.33. The number of ether oxygens (including phenoxy) is 2. The molecule has 3 N–H and O–H groups in total. The van der Waals surface area contributed by atoms with Crippen molar-refractivity contribution in [2.24, 2.45) is 0 Å². The fourth-order valence-corrected chi connectivity index (χ4v) is 6.84. The molecule has 0 bridgehead atoms. The van der Waals surface area contributed by atoms with E-state index in [1.807, 2.05) is 18.2 Å². The van der Waals surface area contributed by atoms with E-state index in [1.165, 1.54) is 0 Å². The highest BCUT2D eigenvalue weighted by Crippen LogP contribution is 2.48. The molecule has 2 aromatic carbocycles. The van der Waals surface area contributed by atoms with E-state index >= 15 is 0 Å². The van der Waals surface area contributed by atoms with Crippen molar-refractivity contribution < 1.29 is 33.3 Å². The Hall–Kier alpha value is -3.18. The summed E-state index contributed by atoms with van der Waals surface area (Å²) < 4.78 is 38.6. The average Bonchev–Trinajstić information content (AvgIpc) is 3.71. The molecule has 2 aromatic heterocycles. The number of aliphatic hydroxyl groups excluding tert-OH is 2. The van der Waals surface area contributed by atoms with Crippen LogP contribution in [0.5, 0.6) is 11.5 Å². The van der Waals surface area contributed by atoms with Crippen molar-refractivity contribution in [1.29, 1.82) is 0 Å². The first-order chi connectivity index (χ1) is 20.4. The van der Waals surface area contributed by atoms with E-state index in [0.717, 1.165) is 31.1 Å². The van der Waals surface area contributed by atoms with E-state index < -0.39 is 38.5 Å². The first-order valence-corrected chi connectivity index (χ1v) is 16.0. The van der Waals surface area contributed by atoms with Crippen molar-refractivity contribution in [3.63, 3.8) is 0 Å². The molecule has 222 valence electrons. The molecule has 0 amide bonds. The monoisotopic (exact) mass is 614 g/mol. The summed E-state index contributed by atoms with van der Waals surface area (Å²) in [6, 6.07) is 19.4. The zero-order valence-corrected chi connectivity index (χ0v) is 24.3. The van der Waals surface area contributed by atoms with Gasteiger partial charge < -0.3 is 38.6 Å². The normalized spacial score (nSPS) is 22.9. The first kappa shape index (κ1) is 28.9. The highest BCUT2D eigenvalue weighted by atomic mass is 35.5. The summed E-state index contributed by atoms with van der Waals surface area (Å²) in [5.41, 5.74) is 0.463. The largest absolute Gasteiger partial charge is 0.456 e. The standard InChI is InChI=1S/C29H32ClN4O7P/c30-29-32-26(31-19-9-7-8-10-19)22-15-16-34(27(22)33-29)28-25(36)24(35)23(39-28)17-38-18-42(37,40-20-11-3-1-4-12-20)41-21-13-5-2-6-14-21/h1-6,11-16,19,23-25,28,35-36H,7-10,17-18H2,(H,31,32,33)/t23-,24-,25-,28-/m1/s1. The smallest absolute Gasteiger partial charge is 0.415 e. The minimum atomic E-state index is -3.84. The second-order valence-electron chi connectivity index (χ2n) is 10.4. The summed E-state index contributed by atoms with van der Waals surface area (Å²) in [7, 11) is -3.84. The maximum Gasteiger partial charge on any atom is 0.456 e. The Morgan fingerprint density at radius 1 is 0.952 bits per heavy atom. The summed E-state index contributed by atoms with van der Waals surface area (Å²) in [4.78, 5) is 8.76. The molecule has 42 heavy (non-hydrogen) atoms. The van der Waals surface area contributed by atoms with E-state index in [0.29, 0.717) is 29.0 Å². The van der Waals surface area contributed by atoms with Gasteiger partial charge in [0.05, 0.1) is 12.0 Å². The fourth-order valence-electron chi connectivity index (χ4n) is 5.32. The predicted molar refractivity (Wildman–Crippen MR) is 157 cm³/mol. The van der Waals surface area contributed by atoms with Gasteiger partial charge in [0.15, 0.2) is 12.6 Å². The zero-order valence-electron chi connectivity index (χ0n) is 22.7. The van der Waals surface area contributed by atoms with Crippen LogP contribution in [0.3, 0.4) is 0 Å². The number of hydrogen-bond acceptors (Lipinski definition) is 10. The van der Waals surface area contributed by atoms with Gasteiger partial charge in [0.25, 0.3) is 0 Å². The molecular formula is C29H32ClN4O7P. The lowest BCUT2D eigenvalue weighted by molar-refractivity contribution is -0.0609. The topological polar surface area (TPSA) is 137 Å². The molecular weight excluding hydrogens is 583 g/mol. The number of aliphatic hydroxyl groups is 2. The molecule has 1 aliphatic heterocycles. The third-order valence-electron chi connectivity index (χ3n) is 7.36. The number of halogens is 1. The van der Waals surface area contributed by atoms with Crippen LogP contribution in [0.4, 0.5) is 5.82 Å². The SMILES string of the molecule is O=P(COC[C@H]1O[C@@H](n2ccc3c(NC4CCCC4)nc(Cl)nc32)[C@H](O)[C@@H]1O)(Oc1ccccc1)Oc1ccccc1. The maximum absolute atomic E-state index is 13.7. The van der Waals surface area contributed by atoms with Crippen LogP contribution < -0.4 is 14.4 Å². The van der Waals surface area contributed by atoms with Gasteiger partial charge in [-0.05, 0) is 54.8 Å². The molecule has 0 radical (unpaired) electrons. The average molecular weight is 615 g/mol. The van der Waals surface area contributed by atoms with Gasteiger partial charge in [-0.2, -0.15) is 4.98 Å². The predicted octanol–water partition coefficient (Wildman–Crippen LogP) is 5.38. The van der Waals surface area contributed by atoms with Gasteiger partial charge in [-0.15, -0.1) is 0 Å². The summed E-state index contributed by atoms with van der Waals surface area (Å²) in [5, 5.41) is 26.0. The molecule has 4 aromatic rings. The van der Waals surface area contributed by atoms with Crippen LogP contribution >= 0.6 is 19.2 Å². The Bertz CT molecular complexity index is 1490. The summed E-state index contributed by atoms with van der Waals surface area (Å²) >= 11 is 6.27. The highest BCUT2D eigenvalue weighted by molar-refractivity contribution is 7.54. The Kier molecular flexibility index (Phi) is 8.67. The minimum Gasteiger partial charge on any atom is -0.415 e. The molecule has 1 saturated heterocycles. The van der Waals surface area contributed by atoms with E-state index in [2.05, 4.69) is 15.3 Å². The van der Waals surface area contributed by atoms with Crippen LogP contribution in [0.25, 0.3) is 11.0 Å².